The Morgan fingerprint density at radius 3 is 2.71 bits per heavy atom. The monoisotopic (exact) mass is 390 g/mol. The summed E-state index contributed by atoms with van der Waals surface area (Å²) in [6.07, 6.45) is 4.10. The van der Waals surface area contributed by atoms with Crippen LogP contribution in [0.1, 0.15) is 45.1 Å². The highest BCUT2D eigenvalue weighted by Gasteiger charge is 2.24. The SMILES string of the molecule is CCCCC(CC)C(=O)N(CCN1CCOCC1)Cc1ccc2c(c1)OCO2. The maximum Gasteiger partial charge on any atom is 0.231 e. The Balaban J connectivity index is 1.68. The van der Waals surface area contributed by atoms with Gasteiger partial charge in [-0.2, -0.15) is 0 Å². The van der Waals surface area contributed by atoms with Gasteiger partial charge >= 0.3 is 0 Å². The van der Waals surface area contributed by atoms with Crippen LogP contribution in [-0.4, -0.2) is 61.9 Å². The highest BCUT2D eigenvalue weighted by atomic mass is 16.7. The third-order valence-electron chi connectivity index (χ3n) is 5.66. The molecule has 0 saturated carbocycles. The summed E-state index contributed by atoms with van der Waals surface area (Å²) in [6, 6.07) is 5.98. The van der Waals surface area contributed by atoms with E-state index in [0.29, 0.717) is 6.54 Å². The normalized spacial score (nSPS) is 17.5. The van der Waals surface area contributed by atoms with E-state index < -0.39 is 0 Å². The molecule has 0 radical (unpaired) electrons. The van der Waals surface area contributed by atoms with Crippen LogP contribution in [-0.2, 0) is 16.1 Å². The van der Waals surface area contributed by atoms with Gasteiger partial charge < -0.3 is 19.1 Å². The molecule has 0 spiro atoms. The predicted octanol–water partition coefficient (Wildman–Crippen LogP) is 3.29. The molecular weight excluding hydrogens is 356 g/mol. The van der Waals surface area contributed by atoms with Crippen molar-refractivity contribution in [3.63, 3.8) is 0 Å². The summed E-state index contributed by atoms with van der Waals surface area (Å²) in [6.45, 7) is 10.3. The van der Waals surface area contributed by atoms with Crippen molar-refractivity contribution in [2.24, 2.45) is 5.92 Å². The Labute approximate surface area is 168 Å². The minimum absolute atomic E-state index is 0.110. The van der Waals surface area contributed by atoms with Gasteiger partial charge in [-0.05, 0) is 30.5 Å². The quantitative estimate of drug-likeness (QED) is 0.614. The number of nitrogens with zero attached hydrogens (tertiary/aromatic N) is 2. The molecule has 1 unspecified atom stereocenters. The maximum absolute atomic E-state index is 13.3. The van der Waals surface area contributed by atoms with E-state index in [-0.39, 0.29) is 18.6 Å². The molecule has 1 fully saturated rings. The Bertz CT molecular complexity index is 631. The van der Waals surface area contributed by atoms with Crippen LogP contribution in [0.3, 0.4) is 0 Å². The zero-order valence-electron chi connectivity index (χ0n) is 17.3. The number of ether oxygens (including phenoxy) is 3. The van der Waals surface area contributed by atoms with E-state index >= 15 is 0 Å². The number of benzene rings is 1. The van der Waals surface area contributed by atoms with Gasteiger partial charge in [-0.15, -0.1) is 0 Å². The molecule has 0 bridgehead atoms. The topological polar surface area (TPSA) is 51.2 Å². The van der Waals surface area contributed by atoms with Crippen molar-refractivity contribution >= 4 is 5.91 Å². The summed E-state index contributed by atoms with van der Waals surface area (Å²) in [5.74, 6) is 1.95. The molecule has 1 aromatic carbocycles. The van der Waals surface area contributed by atoms with Crippen molar-refractivity contribution < 1.29 is 19.0 Å². The lowest BCUT2D eigenvalue weighted by Crippen LogP contribution is -2.44. The Kier molecular flexibility index (Phi) is 7.98. The third-order valence-corrected chi connectivity index (χ3v) is 5.66. The van der Waals surface area contributed by atoms with Crippen LogP contribution in [0.5, 0.6) is 11.5 Å². The van der Waals surface area contributed by atoms with E-state index in [4.69, 9.17) is 14.2 Å². The first-order valence-corrected chi connectivity index (χ1v) is 10.7. The van der Waals surface area contributed by atoms with E-state index in [1.54, 1.807) is 0 Å². The van der Waals surface area contributed by atoms with Gasteiger partial charge in [-0.1, -0.05) is 32.8 Å². The number of unbranched alkanes of at least 4 members (excludes halogenated alkanes) is 1. The molecule has 6 nitrogen and oxygen atoms in total. The second kappa shape index (κ2) is 10.7. The number of hydrogen-bond donors (Lipinski definition) is 0. The van der Waals surface area contributed by atoms with Gasteiger partial charge in [0.1, 0.15) is 0 Å². The zero-order valence-corrected chi connectivity index (χ0v) is 17.3. The molecule has 28 heavy (non-hydrogen) atoms. The van der Waals surface area contributed by atoms with E-state index in [2.05, 4.69) is 18.7 Å². The van der Waals surface area contributed by atoms with Gasteiger partial charge in [-0.3, -0.25) is 9.69 Å². The van der Waals surface area contributed by atoms with E-state index in [0.717, 1.165) is 82.1 Å². The Hall–Kier alpha value is -1.79. The van der Waals surface area contributed by atoms with Crippen molar-refractivity contribution in [1.29, 1.82) is 0 Å². The van der Waals surface area contributed by atoms with Crippen LogP contribution in [0, 0.1) is 5.92 Å². The first-order valence-electron chi connectivity index (χ1n) is 10.7. The van der Waals surface area contributed by atoms with Gasteiger partial charge in [0.05, 0.1) is 13.2 Å². The number of carbonyl (C=O) groups excluding carboxylic acids is 1. The zero-order chi connectivity index (χ0) is 19.8. The lowest BCUT2D eigenvalue weighted by Gasteiger charge is -2.32. The molecule has 1 aromatic rings. The van der Waals surface area contributed by atoms with Crippen molar-refractivity contribution in [1.82, 2.24) is 9.80 Å². The molecule has 0 aromatic heterocycles. The number of amides is 1. The highest BCUT2D eigenvalue weighted by Crippen LogP contribution is 2.33. The lowest BCUT2D eigenvalue weighted by atomic mass is 9.97. The maximum atomic E-state index is 13.3. The van der Waals surface area contributed by atoms with Crippen LogP contribution in [0.25, 0.3) is 0 Å². The molecule has 156 valence electrons. The summed E-state index contributed by atoms with van der Waals surface area (Å²) in [5, 5.41) is 0. The smallest absolute Gasteiger partial charge is 0.231 e. The second-order valence-electron chi connectivity index (χ2n) is 7.65. The minimum Gasteiger partial charge on any atom is -0.454 e. The molecule has 0 aliphatic carbocycles. The summed E-state index contributed by atoms with van der Waals surface area (Å²) in [5.41, 5.74) is 1.09. The molecule has 1 atom stereocenters. The van der Waals surface area contributed by atoms with Crippen LogP contribution < -0.4 is 9.47 Å². The molecule has 2 heterocycles. The number of rotatable bonds is 10. The van der Waals surface area contributed by atoms with Gasteiger partial charge in [0, 0.05) is 38.6 Å². The fourth-order valence-corrected chi connectivity index (χ4v) is 3.82. The van der Waals surface area contributed by atoms with Crippen molar-refractivity contribution in [2.45, 2.75) is 46.1 Å². The summed E-state index contributed by atoms with van der Waals surface area (Å²) < 4.78 is 16.4. The van der Waals surface area contributed by atoms with Crippen LogP contribution >= 0.6 is 0 Å². The predicted molar refractivity (Wildman–Crippen MR) is 109 cm³/mol. The van der Waals surface area contributed by atoms with Crippen molar-refractivity contribution in [2.75, 3.05) is 46.2 Å². The van der Waals surface area contributed by atoms with Gasteiger partial charge in [0.2, 0.25) is 12.7 Å². The first kappa shape index (κ1) is 20.9. The highest BCUT2D eigenvalue weighted by molar-refractivity contribution is 5.78. The van der Waals surface area contributed by atoms with Gasteiger partial charge in [-0.25, -0.2) is 0 Å². The summed E-state index contributed by atoms with van der Waals surface area (Å²) in [4.78, 5) is 17.7. The van der Waals surface area contributed by atoms with E-state index in [9.17, 15) is 4.79 Å². The van der Waals surface area contributed by atoms with E-state index in [1.165, 1.54) is 0 Å². The largest absolute Gasteiger partial charge is 0.454 e. The molecule has 0 N–H and O–H groups in total. The summed E-state index contributed by atoms with van der Waals surface area (Å²) in [7, 11) is 0. The average molecular weight is 391 g/mol. The van der Waals surface area contributed by atoms with Crippen LogP contribution in [0.4, 0.5) is 0 Å². The number of fused-ring (bicyclic) bond motifs is 1. The lowest BCUT2D eigenvalue weighted by molar-refractivity contribution is -0.137. The first-order chi connectivity index (χ1) is 13.7. The fraction of sp³-hybridized carbons (Fsp3) is 0.682. The van der Waals surface area contributed by atoms with Crippen LogP contribution in [0.2, 0.25) is 0 Å². The Morgan fingerprint density at radius 1 is 1.18 bits per heavy atom. The molecule has 1 amide bonds. The molecule has 6 heteroatoms. The summed E-state index contributed by atoms with van der Waals surface area (Å²) >= 11 is 0. The molecule has 1 saturated heterocycles. The van der Waals surface area contributed by atoms with Gasteiger partial charge in [0.25, 0.3) is 0 Å². The molecular formula is C22H34N2O4. The number of morpholine rings is 1. The van der Waals surface area contributed by atoms with E-state index in [1.807, 2.05) is 23.1 Å². The fourth-order valence-electron chi connectivity index (χ4n) is 3.82. The Morgan fingerprint density at radius 2 is 1.96 bits per heavy atom. The van der Waals surface area contributed by atoms with Crippen molar-refractivity contribution in [3.8, 4) is 11.5 Å². The van der Waals surface area contributed by atoms with Crippen LogP contribution in [0.15, 0.2) is 18.2 Å². The van der Waals surface area contributed by atoms with Crippen molar-refractivity contribution in [3.05, 3.63) is 23.8 Å². The number of carbonyl (C=O) groups is 1. The molecule has 3 rings (SSSR count). The minimum atomic E-state index is 0.110. The second-order valence-corrected chi connectivity index (χ2v) is 7.65. The molecule has 2 aliphatic heterocycles. The number of hydrogen-bond acceptors (Lipinski definition) is 5. The standard InChI is InChI=1S/C22H34N2O4/c1-3-5-6-19(4-2)22(25)24(10-9-23-11-13-26-14-12-23)16-18-7-8-20-21(15-18)28-17-27-20/h7-8,15,19H,3-6,9-14,16-17H2,1-2H3. The van der Waals surface area contributed by atoms with Gasteiger partial charge in [0.15, 0.2) is 11.5 Å². The third kappa shape index (κ3) is 5.61. The average Bonchev–Trinajstić information content (AvgIpc) is 3.20. The molecule has 2 aliphatic rings.